The zero-order valence-electron chi connectivity index (χ0n) is 15.2. The highest BCUT2D eigenvalue weighted by Gasteiger charge is 2.11. The minimum Gasteiger partial charge on any atom is -0.313 e. The zero-order chi connectivity index (χ0) is 19.9. The van der Waals surface area contributed by atoms with Gasteiger partial charge in [-0.2, -0.15) is 0 Å². The Morgan fingerprint density at radius 3 is 2.18 bits per heavy atom. The molecule has 6 nitrogen and oxygen atoms in total. The van der Waals surface area contributed by atoms with Gasteiger partial charge < -0.3 is 4.84 Å². The van der Waals surface area contributed by atoms with Crippen molar-refractivity contribution in [3.05, 3.63) is 111 Å². The van der Waals surface area contributed by atoms with E-state index in [0.717, 1.165) is 16.7 Å². The summed E-state index contributed by atoms with van der Waals surface area (Å²) in [5.74, 6) is -0.544. The summed E-state index contributed by atoms with van der Waals surface area (Å²) in [6.45, 7) is 1.94. The van der Waals surface area contributed by atoms with Gasteiger partial charge in [0.2, 0.25) is 0 Å². The number of hydrogen-bond donors (Lipinski definition) is 0. The van der Waals surface area contributed by atoms with Crippen molar-refractivity contribution in [2.24, 2.45) is 5.16 Å². The van der Waals surface area contributed by atoms with Gasteiger partial charge in [-0.3, -0.25) is 10.1 Å². The minimum absolute atomic E-state index is 0.0211. The number of hydrogen-bond acceptors (Lipinski definition) is 5. The summed E-state index contributed by atoms with van der Waals surface area (Å²) in [6.07, 6.45) is 0.364. The molecule has 3 aromatic rings. The molecule has 0 bridgehead atoms. The zero-order valence-corrected chi connectivity index (χ0v) is 15.2. The molecule has 0 amide bonds. The molecular weight excluding hydrogens is 356 g/mol. The van der Waals surface area contributed by atoms with Crippen LogP contribution in [0.3, 0.4) is 0 Å². The fourth-order valence-corrected chi connectivity index (χ4v) is 2.59. The van der Waals surface area contributed by atoms with Crippen LogP contribution in [0.25, 0.3) is 0 Å². The molecule has 0 radical (unpaired) electrons. The second-order valence-electron chi connectivity index (χ2n) is 6.25. The summed E-state index contributed by atoms with van der Waals surface area (Å²) < 4.78 is 0. The molecule has 3 rings (SSSR count). The average Bonchev–Trinajstić information content (AvgIpc) is 2.72. The number of nitro groups is 1. The van der Waals surface area contributed by atoms with Crippen molar-refractivity contribution in [2.75, 3.05) is 0 Å². The summed E-state index contributed by atoms with van der Waals surface area (Å²) in [5.41, 5.74) is 3.65. The second-order valence-corrected chi connectivity index (χ2v) is 6.25. The lowest BCUT2D eigenvalue weighted by Crippen LogP contribution is -2.09. The van der Waals surface area contributed by atoms with Crippen LogP contribution in [0.4, 0.5) is 5.69 Å². The third kappa shape index (κ3) is 4.88. The molecule has 0 saturated carbocycles. The molecule has 0 heterocycles. The van der Waals surface area contributed by atoms with E-state index >= 15 is 0 Å². The summed E-state index contributed by atoms with van der Waals surface area (Å²) >= 11 is 0. The topological polar surface area (TPSA) is 81.8 Å². The molecule has 0 atom stereocenters. The Morgan fingerprint density at radius 1 is 0.929 bits per heavy atom. The maximum Gasteiger partial charge on any atom is 0.365 e. The maximum absolute atomic E-state index is 12.3. The summed E-state index contributed by atoms with van der Waals surface area (Å²) in [4.78, 5) is 27.8. The number of carbonyl (C=O) groups excluding carboxylic acids is 1. The van der Waals surface area contributed by atoms with E-state index in [1.807, 2.05) is 49.4 Å². The lowest BCUT2D eigenvalue weighted by Gasteiger charge is -2.07. The Hall–Kier alpha value is -3.80. The molecule has 0 aliphatic carbocycles. The molecule has 0 unspecified atom stereocenters. The minimum atomic E-state index is -0.544. The molecule has 0 aliphatic heterocycles. The van der Waals surface area contributed by atoms with E-state index in [1.54, 1.807) is 24.3 Å². The molecule has 0 aliphatic rings. The van der Waals surface area contributed by atoms with E-state index in [4.69, 9.17) is 4.84 Å². The van der Waals surface area contributed by atoms with Crippen LogP contribution >= 0.6 is 0 Å². The van der Waals surface area contributed by atoms with E-state index in [9.17, 15) is 14.9 Å². The van der Waals surface area contributed by atoms with Crippen molar-refractivity contribution in [1.82, 2.24) is 0 Å². The Labute approximate surface area is 162 Å². The summed E-state index contributed by atoms with van der Waals surface area (Å²) in [6, 6.07) is 22.6. The smallest absolute Gasteiger partial charge is 0.313 e. The van der Waals surface area contributed by atoms with Gasteiger partial charge >= 0.3 is 5.97 Å². The Bertz CT molecular complexity index is 995. The molecule has 0 fully saturated rings. The first-order chi connectivity index (χ1) is 13.5. The van der Waals surface area contributed by atoms with Gasteiger partial charge in [-0.1, -0.05) is 65.3 Å². The molecule has 0 aromatic heterocycles. The van der Waals surface area contributed by atoms with E-state index in [2.05, 4.69) is 5.16 Å². The van der Waals surface area contributed by atoms with Crippen LogP contribution in [0.5, 0.6) is 0 Å². The predicted molar refractivity (Wildman–Crippen MR) is 106 cm³/mol. The van der Waals surface area contributed by atoms with Crippen LogP contribution in [-0.2, 0) is 11.3 Å². The fourth-order valence-electron chi connectivity index (χ4n) is 2.59. The van der Waals surface area contributed by atoms with Crippen molar-refractivity contribution >= 4 is 17.4 Å². The highest BCUT2D eigenvalue weighted by atomic mass is 16.7. The number of rotatable bonds is 6. The van der Waals surface area contributed by atoms with Gasteiger partial charge in [-0.25, -0.2) is 4.79 Å². The van der Waals surface area contributed by atoms with Gasteiger partial charge in [0.05, 0.1) is 16.2 Å². The van der Waals surface area contributed by atoms with Gasteiger partial charge in [0.1, 0.15) is 0 Å². The number of aryl methyl sites for hydroxylation is 1. The monoisotopic (exact) mass is 374 g/mol. The first-order valence-corrected chi connectivity index (χ1v) is 8.66. The first kappa shape index (κ1) is 19.0. The quantitative estimate of drug-likeness (QED) is 0.271. The number of oxime groups is 1. The molecule has 3 aromatic carbocycles. The first-order valence-electron chi connectivity index (χ1n) is 8.66. The standard InChI is InChI=1S/C22H18N2O4/c1-16-7-11-19(12-8-16)22(25)28-23-21(18-5-3-2-4-6-18)15-17-9-13-20(14-10-17)24(26)27/h2-14H,15H2,1H3/b23-21+. The Kier molecular flexibility index (Phi) is 5.91. The number of benzene rings is 3. The van der Waals surface area contributed by atoms with Crippen LogP contribution in [0, 0.1) is 17.0 Å². The molecule has 0 N–H and O–H groups in total. The van der Waals surface area contributed by atoms with Gasteiger partial charge in [0, 0.05) is 18.6 Å². The van der Waals surface area contributed by atoms with Crippen LogP contribution in [0.1, 0.15) is 27.0 Å². The third-order valence-electron chi connectivity index (χ3n) is 4.15. The van der Waals surface area contributed by atoms with Crippen LogP contribution < -0.4 is 0 Å². The van der Waals surface area contributed by atoms with Crippen molar-refractivity contribution in [3.63, 3.8) is 0 Å². The van der Waals surface area contributed by atoms with E-state index in [1.165, 1.54) is 12.1 Å². The Morgan fingerprint density at radius 2 is 1.57 bits per heavy atom. The maximum atomic E-state index is 12.3. The largest absolute Gasteiger partial charge is 0.365 e. The van der Waals surface area contributed by atoms with Crippen molar-refractivity contribution < 1.29 is 14.6 Å². The number of carbonyl (C=O) groups is 1. The lowest BCUT2D eigenvalue weighted by atomic mass is 10.0. The molecule has 28 heavy (non-hydrogen) atoms. The van der Waals surface area contributed by atoms with Gasteiger partial charge in [0.15, 0.2) is 0 Å². The highest BCUT2D eigenvalue weighted by molar-refractivity contribution is 6.02. The SMILES string of the molecule is Cc1ccc(C(=O)O/N=C(\Cc2ccc([N+](=O)[O-])cc2)c2ccccc2)cc1. The van der Waals surface area contributed by atoms with Crippen molar-refractivity contribution in [1.29, 1.82) is 0 Å². The highest BCUT2D eigenvalue weighted by Crippen LogP contribution is 2.15. The van der Waals surface area contributed by atoms with Gasteiger partial charge in [-0.05, 0) is 30.2 Å². The normalized spacial score (nSPS) is 11.1. The average molecular weight is 374 g/mol. The number of nitro benzene ring substituents is 1. The molecule has 0 saturated heterocycles. The Balaban J connectivity index is 1.82. The van der Waals surface area contributed by atoms with E-state index in [-0.39, 0.29) is 5.69 Å². The van der Waals surface area contributed by atoms with E-state index in [0.29, 0.717) is 17.7 Å². The fraction of sp³-hybridized carbons (Fsp3) is 0.0909. The van der Waals surface area contributed by atoms with E-state index < -0.39 is 10.9 Å². The molecular formula is C22H18N2O4. The number of nitrogens with zero attached hydrogens (tertiary/aromatic N) is 2. The lowest BCUT2D eigenvalue weighted by molar-refractivity contribution is -0.384. The predicted octanol–water partition coefficient (Wildman–Crippen LogP) is 4.71. The van der Waals surface area contributed by atoms with Crippen molar-refractivity contribution in [3.8, 4) is 0 Å². The van der Waals surface area contributed by atoms with Gasteiger partial charge in [0.25, 0.3) is 5.69 Å². The third-order valence-corrected chi connectivity index (χ3v) is 4.15. The van der Waals surface area contributed by atoms with Crippen LogP contribution in [0.2, 0.25) is 0 Å². The molecule has 0 spiro atoms. The van der Waals surface area contributed by atoms with Crippen LogP contribution in [-0.4, -0.2) is 16.6 Å². The van der Waals surface area contributed by atoms with Crippen LogP contribution in [0.15, 0.2) is 84.0 Å². The number of non-ortho nitro benzene ring substituents is 1. The van der Waals surface area contributed by atoms with Crippen molar-refractivity contribution in [2.45, 2.75) is 13.3 Å². The van der Waals surface area contributed by atoms with Gasteiger partial charge in [-0.15, -0.1) is 0 Å². The second kappa shape index (κ2) is 8.73. The molecule has 140 valence electrons. The summed E-state index contributed by atoms with van der Waals surface area (Å²) in [5, 5.41) is 14.9. The summed E-state index contributed by atoms with van der Waals surface area (Å²) in [7, 11) is 0. The molecule has 6 heteroatoms.